The molecule has 0 unspecified atom stereocenters. The Labute approximate surface area is 95.6 Å². The van der Waals surface area contributed by atoms with Crippen LogP contribution < -0.4 is 5.32 Å². The Hall–Kier alpha value is -0.450. The minimum Gasteiger partial charge on any atom is -0.395 e. The summed E-state index contributed by atoms with van der Waals surface area (Å²) in [4.78, 5) is 5.62. The van der Waals surface area contributed by atoms with Gasteiger partial charge in [-0.05, 0) is 12.8 Å². The van der Waals surface area contributed by atoms with Gasteiger partial charge in [-0.3, -0.25) is 0 Å². The van der Waals surface area contributed by atoms with Gasteiger partial charge in [-0.2, -0.15) is 0 Å². The molecule has 1 heterocycles. The van der Waals surface area contributed by atoms with Crippen molar-refractivity contribution in [3.8, 4) is 0 Å². The molecule has 2 N–H and O–H groups in total. The van der Waals surface area contributed by atoms with Gasteiger partial charge in [-0.25, -0.2) is 4.98 Å². The Bertz CT molecular complexity index is 286. The van der Waals surface area contributed by atoms with Gasteiger partial charge in [0.05, 0.1) is 11.6 Å². The number of nitrogens with one attached hydrogen (secondary N) is 1. The maximum Gasteiger partial charge on any atom is 0.0930 e. The van der Waals surface area contributed by atoms with E-state index in [0.717, 1.165) is 13.0 Å². The molecule has 1 atom stereocenters. The molecular weight excluding hydrogens is 208 g/mol. The van der Waals surface area contributed by atoms with E-state index in [9.17, 15) is 0 Å². The molecule has 86 valence electrons. The molecule has 1 aromatic heterocycles. The number of hydrogen-bond donors (Lipinski definition) is 2. The van der Waals surface area contributed by atoms with Crippen LogP contribution in [0.25, 0.3) is 0 Å². The second-order valence-corrected chi connectivity index (χ2v) is 5.48. The van der Waals surface area contributed by atoms with Gasteiger partial charge in [-0.1, -0.05) is 13.8 Å². The van der Waals surface area contributed by atoms with Gasteiger partial charge in [0.15, 0.2) is 0 Å². The van der Waals surface area contributed by atoms with Crippen LogP contribution in [0.2, 0.25) is 0 Å². The van der Waals surface area contributed by atoms with E-state index in [1.54, 1.807) is 11.3 Å². The van der Waals surface area contributed by atoms with E-state index >= 15 is 0 Å². The fourth-order valence-corrected chi connectivity index (χ4v) is 2.30. The molecule has 0 bridgehead atoms. The quantitative estimate of drug-likeness (QED) is 0.780. The Kier molecular flexibility index (Phi) is 5.22. The smallest absolute Gasteiger partial charge is 0.0930 e. The monoisotopic (exact) mass is 228 g/mol. The molecule has 0 aliphatic rings. The van der Waals surface area contributed by atoms with Crippen molar-refractivity contribution in [1.29, 1.82) is 0 Å². The summed E-state index contributed by atoms with van der Waals surface area (Å²) in [5, 5.41) is 13.3. The van der Waals surface area contributed by atoms with E-state index in [4.69, 9.17) is 5.11 Å². The number of aliphatic hydroxyl groups is 1. The van der Waals surface area contributed by atoms with E-state index in [1.807, 2.05) is 13.1 Å². The fraction of sp³-hybridized carbons (Fsp3) is 0.727. The summed E-state index contributed by atoms with van der Waals surface area (Å²) in [6.45, 7) is 7.35. The van der Waals surface area contributed by atoms with Gasteiger partial charge < -0.3 is 10.4 Å². The highest BCUT2D eigenvalue weighted by molar-refractivity contribution is 7.11. The third-order valence-electron chi connectivity index (χ3n) is 2.08. The molecule has 0 saturated carbocycles. The average Bonchev–Trinajstić information content (AvgIpc) is 2.61. The predicted octanol–water partition coefficient (Wildman–Crippen LogP) is 1.81. The average molecular weight is 228 g/mol. The molecule has 0 amide bonds. The van der Waals surface area contributed by atoms with E-state index in [1.165, 1.54) is 9.88 Å². The minimum absolute atomic E-state index is 0.153. The zero-order chi connectivity index (χ0) is 11.3. The Balaban J connectivity index is 2.39. The standard InChI is InChI=1S/C11H20N2OS/c1-8(2)4-11-13-6-10(15-11)5-12-9(3)7-14/h6,8-9,12,14H,4-5,7H2,1-3H3/t9-/m0/s1. The second-order valence-electron chi connectivity index (χ2n) is 4.28. The number of thiazole rings is 1. The summed E-state index contributed by atoms with van der Waals surface area (Å²) in [6, 6.07) is 0.153. The Morgan fingerprint density at radius 1 is 1.47 bits per heavy atom. The largest absolute Gasteiger partial charge is 0.395 e. The number of nitrogens with zero attached hydrogens (tertiary/aromatic N) is 1. The van der Waals surface area contributed by atoms with E-state index < -0.39 is 0 Å². The van der Waals surface area contributed by atoms with Crippen molar-refractivity contribution < 1.29 is 5.11 Å². The Morgan fingerprint density at radius 3 is 2.80 bits per heavy atom. The zero-order valence-corrected chi connectivity index (χ0v) is 10.5. The maximum atomic E-state index is 8.86. The highest BCUT2D eigenvalue weighted by Crippen LogP contribution is 2.16. The number of aromatic nitrogens is 1. The van der Waals surface area contributed by atoms with Crippen LogP contribution >= 0.6 is 11.3 Å². The van der Waals surface area contributed by atoms with Crippen LogP contribution in [-0.2, 0) is 13.0 Å². The van der Waals surface area contributed by atoms with Crippen molar-refractivity contribution >= 4 is 11.3 Å². The van der Waals surface area contributed by atoms with Gasteiger partial charge in [0.2, 0.25) is 0 Å². The molecule has 0 saturated heterocycles. The van der Waals surface area contributed by atoms with Gasteiger partial charge in [0, 0.05) is 30.1 Å². The van der Waals surface area contributed by atoms with Crippen LogP contribution in [0.3, 0.4) is 0 Å². The lowest BCUT2D eigenvalue weighted by Crippen LogP contribution is -2.28. The Morgan fingerprint density at radius 2 is 2.20 bits per heavy atom. The molecule has 0 aliphatic carbocycles. The minimum atomic E-state index is 0.153. The molecule has 0 radical (unpaired) electrons. The van der Waals surface area contributed by atoms with Crippen LogP contribution in [0.15, 0.2) is 6.20 Å². The van der Waals surface area contributed by atoms with Crippen molar-refractivity contribution in [3.63, 3.8) is 0 Å². The molecule has 1 aromatic rings. The van der Waals surface area contributed by atoms with Crippen LogP contribution in [0.5, 0.6) is 0 Å². The SMILES string of the molecule is CC(C)Cc1ncc(CN[C@@H](C)CO)s1. The predicted molar refractivity (Wildman–Crippen MR) is 64.0 cm³/mol. The first-order valence-corrected chi connectivity index (χ1v) is 6.21. The van der Waals surface area contributed by atoms with Crippen molar-refractivity contribution in [2.24, 2.45) is 5.92 Å². The van der Waals surface area contributed by atoms with Crippen LogP contribution in [-0.4, -0.2) is 22.7 Å². The van der Waals surface area contributed by atoms with Crippen LogP contribution in [0.1, 0.15) is 30.7 Å². The van der Waals surface area contributed by atoms with Crippen molar-refractivity contribution in [3.05, 3.63) is 16.1 Å². The van der Waals surface area contributed by atoms with Gasteiger partial charge in [-0.15, -0.1) is 11.3 Å². The second kappa shape index (κ2) is 6.20. The number of rotatable bonds is 6. The molecule has 15 heavy (non-hydrogen) atoms. The normalized spacial score (nSPS) is 13.4. The first kappa shape index (κ1) is 12.6. The summed E-state index contributed by atoms with van der Waals surface area (Å²) in [5.41, 5.74) is 0. The van der Waals surface area contributed by atoms with Crippen molar-refractivity contribution in [2.45, 2.75) is 39.8 Å². The molecular formula is C11H20N2OS. The topological polar surface area (TPSA) is 45.2 Å². The number of hydrogen-bond acceptors (Lipinski definition) is 4. The zero-order valence-electron chi connectivity index (χ0n) is 9.66. The summed E-state index contributed by atoms with van der Waals surface area (Å²) < 4.78 is 0. The lowest BCUT2D eigenvalue weighted by atomic mass is 10.1. The molecule has 4 heteroatoms. The van der Waals surface area contributed by atoms with Gasteiger partial charge in [0.1, 0.15) is 0 Å². The van der Waals surface area contributed by atoms with Crippen LogP contribution in [0, 0.1) is 5.92 Å². The summed E-state index contributed by atoms with van der Waals surface area (Å²) in [7, 11) is 0. The molecule has 0 spiro atoms. The van der Waals surface area contributed by atoms with Crippen molar-refractivity contribution in [2.75, 3.05) is 6.61 Å². The van der Waals surface area contributed by atoms with E-state index in [-0.39, 0.29) is 12.6 Å². The maximum absolute atomic E-state index is 8.86. The highest BCUT2D eigenvalue weighted by atomic mass is 32.1. The first-order valence-electron chi connectivity index (χ1n) is 5.39. The first-order chi connectivity index (χ1) is 7.11. The molecule has 0 fully saturated rings. The third kappa shape index (κ3) is 4.73. The molecule has 3 nitrogen and oxygen atoms in total. The van der Waals surface area contributed by atoms with E-state index in [2.05, 4.69) is 24.1 Å². The van der Waals surface area contributed by atoms with Gasteiger partial charge >= 0.3 is 0 Å². The summed E-state index contributed by atoms with van der Waals surface area (Å²) in [6.07, 6.45) is 2.99. The lowest BCUT2D eigenvalue weighted by molar-refractivity contribution is 0.251. The molecule has 0 aliphatic heterocycles. The van der Waals surface area contributed by atoms with E-state index in [0.29, 0.717) is 5.92 Å². The summed E-state index contributed by atoms with van der Waals surface area (Å²) in [5.74, 6) is 0.660. The fourth-order valence-electron chi connectivity index (χ4n) is 1.21. The number of aliphatic hydroxyl groups excluding tert-OH is 1. The van der Waals surface area contributed by atoms with Crippen molar-refractivity contribution in [1.82, 2.24) is 10.3 Å². The third-order valence-corrected chi connectivity index (χ3v) is 3.10. The highest BCUT2D eigenvalue weighted by Gasteiger charge is 2.05. The lowest BCUT2D eigenvalue weighted by Gasteiger charge is -2.08. The summed E-state index contributed by atoms with van der Waals surface area (Å²) >= 11 is 1.76. The van der Waals surface area contributed by atoms with Crippen LogP contribution in [0.4, 0.5) is 0 Å². The molecule has 0 aromatic carbocycles. The molecule has 1 rings (SSSR count). The van der Waals surface area contributed by atoms with Gasteiger partial charge in [0.25, 0.3) is 0 Å².